The molecule has 8 nitrogen and oxygen atoms in total. The van der Waals surface area contributed by atoms with Gasteiger partial charge in [0, 0.05) is 23.9 Å². The zero-order valence-electron chi connectivity index (χ0n) is 9.11. The third kappa shape index (κ3) is 6.32. The number of aryl methyl sites for hydroxylation is 1. The summed E-state index contributed by atoms with van der Waals surface area (Å²) in [5, 5.41) is 18.3. The predicted molar refractivity (Wildman–Crippen MR) is 58.7 cm³/mol. The van der Waals surface area contributed by atoms with Crippen molar-refractivity contribution in [2.45, 2.75) is 20.1 Å². The van der Waals surface area contributed by atoms with Crippen LogP contribution in [0, 0.1) is 6.92 Å². The number of aromatic nitrogens is 1. The molecule has 1 aromatic rings. The highest BCUT2D eigenvalue weighted by molar-refractivity contribution is 7.45. The van der Waals surface area contributed by atoms with Crippen LogP contribution in [0.2, 0.25) is 0 Å². The Bertz CT molecular complexity index is 410. The Morgan fingerprint density at radius 1 is 1.41 bits per heavy atom. The van der Waals surface area contributed by atoms with Crippen molar-refractivity contribution in [3.8, 4) is 5.75 Å². The van der Waals surface area contributed by atoms with E-state index >= 15 is 0 Å². The molecular weight excluding hydrogens is 251 g/mol. The van der Waals surface area contributed by atoms with Crippen LogP contribution in [-0.2, 0) is 17.7 Å². The molecule has 98 valence electrons. The van der Waals surface area contributed by atoms with Crippen LogP contribution in [0.3, 0.4) is 0 Å². The molecule has 7 N–H and O–H groups in total. The molecule has 1 aromatic heterocycles. The molecule has 0 atom stereocenters. The van der Waals surface area contributed by atoms with E-state index in [4.69, 9.17) is 30.1 Å². The largest absolute Gasteiger partial charge is 0.506 e. The second-order valence-corrected chi connectivity index (χ2v) is 4.10. The second kappa shape index (κ2) is 6.65. The Labute approximate surface area is 97.6 Å². The van der Waals surface area contributed by atoms with E-state index in [0.29, 0.717) is 16.8 Å². The Balaban J connectivity index is 0.000000437. The van der Waals surface area contributed by atoms with E-state index in [0.717, 1.165) is 0 Å². The second-order valence-electron chi connectivity index (χ2n) is 3.07. The smallest absolute Gasteiger partial charge is 0.466 e. The number of pyridine rings is 1. The number of phosphoric acid groups is 1. The molecule has 0 aliphatic heterocycles. The first-order chi connectivity index (χ1) is 7.70. The number of aliphatic hydroxyl groups excluding tert-OH is 1. The number of aromatic hydroxyl groups is 1. The molecule has 0 radical (unpaired) electrons. The van der Waals surface area contributed by atoms with Gasteiger partial charge in [-0.3, -0.25) is 4.98 Å². The number of hydrogen-bond donors (Lipinski definition) is 6. The predicted octanol–water partition coefficient (Wildman–Crippen LogP) is -0.882. The van der Waals surface area contributed by atoms with Gasteiger partial charge in [0.05, 0.1) is 12.3 Å². The lowest BCUT2D eigenvalue weighted by Crippen LogP contribution is -2.04. The molecular formula is C8H15N2O6P. The van der Waals surface area contributed by atoms with Crippen molar-refractivity contribution >= 4 is 7.82 Å². The minimum absolute atomic E-state index is 0.0871. The highest BCUT2D eigenvalue weighted by Crippen LogP contribution is 2.25. The molecule has 1 heterocycles. The lowest BCUT2D eigenvalue weighted by molar-refractivity contribution is 0.275. The maximum Gasteiger partial charge on any atom is 0.466 e. The molecule has 0 aliphatic rings. The molecule has 1 rings (SSSR count). The summed E-state index contributed by atoms with van der Waals surface area (Å²) in [4.78, 5) is 25.5. The summed E-state index contributed by atoms with van der Waals surface area (Å²) >= 11 is 0. The Morgan fingerprint density at radius 3 is 2.24 bits per heavy atom. The SMILES string of the molecule is Cc1ncc(CO)c(CN)c1O.O=P(O)(O)O. The zero-order chi connectivity index (χ0) is 13.6. The van der Waals surface area contributed by atoms with Gasteiger partial charge in [0.1, 0.15) is 5.75 Å². The molecule has 0 bridgehead atoms. The average molecular weight is 266 g/mol. The van der Waals surface area contributed by atoms with Gasteiger partial charge < -0.3 is 30.6 Å². The van der Waals surface area contributed by atoms with Crippen LogP contribution in [0.15, 0.2) is 6.20 Å². The summed E-state index contributed by atoms with van der Waals surface area (Å²) in [5.74, 6) is 0.0871. The van der Waals surface area contributed by atoms with Gasteiger partial charge in [-0.05, 0) is 6.92 Å². The molecule has 17 heavy (non-hydrogen) atoms. The summed E-state index contributed by atoms with van der Waals surface area (Å²) in [7, 11) is -4.64. The van der Waals surface area contributed by atoms with Crippen molar-refractivity contribution in [3.63, 3.8) is 0 Å². The fourth-order valence-corrected chi connectivity index (χ4v) is 1.05. The molecule has 9 heteroatoms. The molecule has 0 saturated carbocycles. The van der Waals surface area contributed by atoms with Crippen LogP contribution < -0.4 is 5.73 Å². The Kier molecular flexibility index (Phi) is 6.25. The topological polar surface area (TPSA) is 157 Å². The van der Waals surface area contributed by atoms with E-state index in [9.17, 15) is 5.11 Å². The van der Waals surface area contributed by atoms with E-state index in [2.05, 4.69) is 4.98 Å². The van der Waals surface area contributed by atoms with Crippen molar-refractivity contribution < 1.29 is 29.5 Å². The van der Waals surface area contributed by atoms with Crippen LogP contribution in [0.4, 0.5) is 0 Å². The molecule has 0 saturated heterocycles. The minimum atomic E-state index is -4.64. The Morgan fingerprint density at radius 2 is 1.88 bits per heavy atom. The minimum Gasteiger partial charge on any atom is -0.506 e. The first-order valence-corrected chi connectivity index (χ1v) is 6.02. The summed E-state index contributed by atoms with van der Waals surface area (Å²) in [6.45, 7) is 1.76. The fraction of sp³-hybridized carbons (Fsp3) is 0.375. The van der Waals surface area contributed by atoms with Gasteiger partial charge >= 0.3 is 7.82 Å². The van der Waals surface area contributed by atoms with Crippen molar-refractivity contribution in [1.82, 2.24) is 4.98 Å². The van der Waals surface area contributed by atoms with Crippen molar-refractivity contribution in [2.75, 3.05) is 0 Å². The number of nitrogens with two attached hydrogens (primary N) is 1. The van der Waals surface area contributed by atoms with Crippen LogP contribution in [0.1, 0.15) is 16.8 Å². The summed E-state index contributed by atoms with van der Waals surface area (Å²) in [5.41, 5.74) is 7.09. The van der Waals surface area contributed by atoms with Crippen molar-refractivity contribution in [3.05, 3.63) is 23.0 Å². The molecule has 0 amide bonds. The van der Waals surface area contributed by atoms with Gasteiger partial charge in [0.25, 0.3) is 0 Å². The number of hydrogen-bond acceptors (Lipinski definition) is 5. The first-order valence-electron chi connectivity index (χ1n) is 4.46. The molecule has 0 fully saturated rings. The van der Waals surface area contributed by atoms with Crippen molar-refractivity contribution in [1.29, 1.82) is 0 Å². The third-order valence-electron chi connectivity index (χ3n) is 1.80. The fourth-order valence-electron chi connectivity index (χ4n) is 1.05. The van der Waals surface area contributed by atoms with Gasteiger partial charge in [-0.15, -0.1) is 0 Å². The summed E-state index contributed by atoms with van der Waals surface area (Å²) in [6, 6.07) is 0. The van der Waals surface area contributed by atoms with Crippen LogP contribution >= 0.6 is 7.82 Å². The van der Waals surface area contributed by atoms with Gasteiger partial charge in [0.2, 0.25) is 0 Å². The highest BCUT2D eigenvalue weighted by atomic mass is 31.2. The first kappa shape index (κ1) is 16.0. The van der Waals surface area contributed by atoms with E-state index in [1.54, 1.807) is 6.92 Å². The molecule has 0 aromatic carbocycles. The zero-order valence-corrected chi connectivity index (χ0v) is 10.0. The normalized spacial score (nSPS) is 10.7. The van der Waals surface area contributed by atoms with Gasteiger partial charge in [-0.1, -0.05) is 0 Å². The van der Waals surface area contributed by atoms with Crippen LogP contribution in [0.25, 0.3) is 0 Å². The standard InChI is InChI=1S/C8H12N2O2.H3O4P/c1-5-8(12)7(2-9)6(4-11)3-10-5;1-5(2,3)4/h3,11-12H,2,4,9H2,1H3;(H3,1,2,3,4). The lowest BCUT2D eigenvalue weighted by atomic mass is 10.1. The number of aliphatic hydroxyl groups is 1. The summed E-state index contributed by atoms with van der Waals surface area (Å²) in [6.07, 6.45) is 1.53. The van der Waals surface area contributed by atoms with Gasteiger partial charge in [0.15, 0.2) is 0 Å². The van der Waals surface area contributed by atoms with Crippen LogP contribution in [-0.4, -0.2) is 29.9 Å². The van der Waals surface area contributed by atoms with Crippen LogP contribution in [0.5, 0.6) is 5.75 Å². The highest BCUT2D eigenvalue weighted by Gasteiger charge is 2.08. The van der Waals surface area contributed by atoms with Gasteiger partial charge in [-0.25, -0.2) is 4.57 Å². The van der Waals surface area contributed by atoms with E-state index in [-0.39, 0.29) is 18.9 Å². The maximum atomic E-state index is 9.46. The molecule has 0 aliphatic carbocycles. The number of nitrogens with zero attached hydrogens (tertiary/aromatic N) is 1. The number of rotatable bonds is 2. The van der Waals surface area contributed by atoms with Gasteiger partial charge in [-0.2, -0.15) is 0 Å². The quantitative estimate of drug-likeness (QED) is 0.376. The third-order valence-corrected chi connectivity index (χ3v) is 1.80. The van der Waals surface area contributed by atoms with E-state index < -0.39 is 7.82 Å². The molecule has 0 unspecified atom stereocenters. The lowest BCUT2D eigenvalue weighted by Gasteiger charge is -2.08. The van der Waals surface area contributed by atoms with E-state index in [1.165, 1.54) is 6.20 Å². The average Bonchev–Trinajstić information content (AvgIpc) is 2.19. The maximum absolute atomic E-state index is 9.46. The monoisotopic (exact) mass is 266 g/mol. The van der Waals surface area contributed by atoms with E-state index in [1.807, 2.05) is 0 Å². The molecule has 0 spiro atoms. The summed E-state index contributed by atoms with van der Waals surface area (Å²) < 4.78 is 8.88. The Hall–Kier alpha value is -1.02. The van der Waals surface area contributed by atoms with Crippen molar-refractivity contribution in [2.24, 2.45) is 5.73 Å².